The fraction of sp³-hybridized carbons (Fsp3) is 0.588. The Bertz CT molecular complexity index is 467. The number of aryl methyl sites for hydroxylation is 1. The molecule has 1 aliphatic rings. The minimum absolute atomic E-state index is 0.0233. The average molecular weight is 291 g/mol. The molecule has 0 saturated carbocycles. The zero-order valence-electron chi connectivity index (χ0n) is 12.9. The Hall–Kier alpha value is -1.39. The number of nitrogens with zero attached hydrogens (tertiary/aromatic N) is 1. The molecule has 0 aliphatic carbocycles. The van der Waals surface area contributed by atoms with Gasteiger partial charge in [-0.25, -0.2) is 4.79 Å². The molecule has 1 fully saturated rings. The Morgan fingerprint density at radius 1 is 1.33 bits per heavy atom. The lowest BCUT2D eigenvalue weighted by Gasteiger charge is -2.33. The standard InChI is InChI=1S/C17H25NO3/c1-3-13-6-4-5-7-15(13)12-18-10-8-14(9-11-18)16(19)17(20)21-2/h4-7,14,16,19H,3,8-12H2,1-2H3/t16-/m0/s1. The second-order valence-electron chi connectivity index (χ2n) is 5.70. The van der Waals surface area contributed by atoms with Crippen LogP contribution in [0.3, 0.4) is 0 Å². The number of likely N-dealkylation sites (tertiary alicyclic amines) is 1. The molecule has 116 valence electrons. The van der Waals surface area contributed by atoms with E-state index in [2.05, 4.69) is 40.8 Å². The molecular weight excluding hydrogens is 266 g/mol. The summed E-state index contributed by atoms with van der Waals surface area (Å²) in [4.78, 5) is 13.8. The highest BCUT2D eigenvalue weighted by molar-refractivity contribution is 5.74. The highest BCUT2D eigenvalue weighted by Gasteiger charge is 2.30. The molecule has 2 rings (SSSR count). The molecule has 21 heavy (non-hydrogen) atoms. The van der Waals surface area contributed by atoms with E-state index in [4.69, 9.17) is 0 Å². The number of hydrogen-bond donors (Lipinski definition) is 1. The Labute approximate surface area is 126 Å². The maximum Gasteiger partial charge on any atom is 0.334 e. The second kappa shape index (κ2) is 7.57. The van der Waals surface area contributed by atoms with E-state index in [1.54, 1.807) is 0 Å². The molecule has 1 aliphatic heterocycles. The van der Waals surface area contributed by atoms with Gasteiger partial charge in [-0.05, 0) is 49.4 Å². The summed E-state index contributed by atoms with van der Waals surface area (Å²) in [6.45, 7) is 4.95. The van der Waals surface area contributed by atoms with Crippen molar-refractivity contribution in [3.8, 4) is 0 Å². The molecule has 4 nitrogen and oxygen atoms in total. The van der Waals surface area contributed by atoms with Crippen LogP contribution in [0.25, 0.3) is 0 Å². The van der Waals surface area contributed by atoms with Gasteiger partial charge in [-0.15, -0.1) is 0 Å². The lowest BCUT2D eigenvalue weighted by molar-refractivity contribution is -0.154. The quantitative estimate of drug-likeness (QED) is 0.843. The number of hydrogen-bond acceptors (Lipinski definition) is 4. The van der Waals surface area contributed by atoms with E-state index in [1.165, 1.54) is 18.2 Å². The van der Waals surface area contributed by atoms with Gasteiger partial charge in [-0.2, -0.15) is 0 Å². The van der Waals surface area contributed by atoms with E-state index in [-0.39, 0.29) is 5.92 Å². The first-order valence-corrected chi connectivity index (χ1v) is 7.70. The predicted molar refractivity (Wildman–Crippen MR) is 81.8 cm³/mol. The normalized spacial score (nSPS) is 18.4. The first-order valence-electron chi connectivity index (χ1n) is 7.70. The Kier molecular flexibility index (Phi) is 5.76. The number of methoxy groups -OCH3 is 1. The SMILES string of the molecule is CCc1ccccc1CN1CCC([C@H](O)C(=O)OC)CC1. The van der Waals surface area contributed by atoms with Crippen LogP contribution in [0.15, 0.2) is 24.3 Å². The van der Waals surface area contributed by atoms with Crippen molar-refractivity contribution in [2.75, 3.05) is 20.2 Å². The van der Waals surface area contributed by atoms with Gasteiger partial charge in [-0.1, -0.05) is 31.2 Å². The van der Waals surface area contributed by atoms with Crippen LogP contribution in [-0.2, 0) is 22.5 Å². The minimum Gasteiger partial charge on any atom is -0.467 e. The summed E-state index contributed by atoms with van der Waals surface area (Å²) < 4.78 is 4.62. The summed E-state index contributed by atoms with van der Waals surface area (Å²) in [7, 11) is 1.32. The van der Waals surface area contributed by atoms with Crippen molar-refractivity contribution in [3.63, 3.8) is 0 Å². The van der Waals surface area contributed by atoms with Crippen molar-refractivity contribution < 1.29 is 14.6 Å². The van der Waals surface area contributed by atoms with Crippen LogP contribution in [0.2, 0.25) is 0 Å². The first kappa shape index (κ1) is 16.0. The third-order valence-electron chi connectivity index (χ3n) is 4.41. The number of rotatable bonds is 5. The largest absolute Gasteiger partial charge is 0.467 e. The van der Waals surface area contributed by atoms with Crippen LogP contribution >= 0.6 is 0 Å². The highest BCUT2D eigenvalue weighted by Crippen LogP contribution is 2.23. The molecule has 1 aromatic rings. The van der Waals surface area contributed by atoms with E-state index >= 15 is 0 Å². The van der Waals surface area contributed by atoms with Gasteiger partial charge in [0.15, 0.2) is 6.10 Å². The van der Waals surface area contributed by atoms with Crippen molar-refractivity contribution in [2.24, 2.45) is 5.92 Å². The number of carbonyl (C=O) groups is 1. The molecule has 1 atom stereocenters. The fourth-order valence-electron chi connectivity index (χ4n) is 3.04. The number of esters is 1. The monoisotopic (exact) mass is 291 g/mol. The van der Waals surface area contributed by atoms with Gasteiger partial charge >= 0.3 is 5.97 Å². The summed E-state index contributed by atoms with van der Waals surface area (Å²) in [6, 6.07) is 8.54. The lowest BCUT2D eigenvalue weighted by atomic mass is 9.91. The third kappa shape index (κ3) is 4.05. The van der Waals surface area contributed by atoms with E-state index in [0.29, 0.717) is 0 Å². The molecule has 1 saturated heterocycles. The third-order valence-corrected chi connectivity index (χ3v) is 4.41. The maximum atomic E-state index is 11.4. The molecule has 0 unspecified atom stereocenters. The van der Waals surface area contributed by atoms with Crippen molar-refractivity contribution in [2.45, 2.75) is 38.8 Å². The van der Waals surface area contributed by atoms with E-state index in [0.717, 1.165) is 38.9 Å². The molecule has 1 heterocycles. The summed E-state index contributed by atoms with van der Waals surface area (Å²) in [5.41, 5.74) is 2.78. The number of carbonyl (C=O) groups excluding carboxylic acids is 1. The minimum atomic E-state index is -0.972. The van der Waals surface area contributed by atoms with Crippen LogP contribution in [0.5, 0.6) is 0 Å². The molecule has 0 spiro atoms. The summed E-state index contributed by atoms with van der Waals surface area (Å²) in [6.07, 6.45) is 1.75. The highest BCUT2D eigenvalue weighted by atomic mass is 16.5. The number of aliphatic hydroxyl groups excluding tert-OH is 1. The smallest absolute Gasteiger partial charge is 0.334 e. The van der Waals surface area contributed by atoms with Gasteiger partial charge in [0.1, 0.15) is 0 Å². The Balaban J connectivity index is 1.88. The van der Waals surface area contributed by atoms with Crippen LogP contribution in [0.4, 0.5) is 0 Å². The molecule has 0 radical (unpaired) electrons. The lowest BCUT2D eigenvalue weighted by Crippen LogP contribution is -2.40. The van der Waals surface area contributed by atoms with Gasteiger partial charge in [-0.3, -0.25) is 4.90 Å². The number of aliphatic hydroxyl groups is 1. The Morgan fingerprint density at radius 3 is 2.52 bits per heavy atom. The van der Waals surface area contributed by atoms with Crippen molar-refractivity contribution >= 4 is 5.97 Å². The van der Waals surface area contributed by atoms with Gasteiger partial charge in [0.2, 0.25) is 0 Å². The summed E-state index contributed by atoms with van der Waals surface area (Å²) >= 11 is 0. The molecule has 1 aromatic carbocycles. The predicted octanol–water partition coefficient (Wildman–Crippen LogP) is 1.99. The fourth-order valence-corrected chi connectivity index (χ4v) is 3.04. The number of ether oxygens (including phenoxy) is 1. The summed E-state index contributed by atoms with van der Waals surface area (Å²) in [5, 5.41) is 9.91. The molecular formula is C17H25NO3. The molecule has 0 amide bonds. The van der Waals surface area contributed by atoms with Gasteiger partial charge in [0.25, 0.3) is 0 Å². The zero-order valence-corrected chi connectivity index (χ0v) is 12.9. The maximum absolute atomic E-state index is 11.4. The number of benzene rings is 1. The van der Waals surface area contributed by atoms with Crippen molar-refractivity contribution in [1.82, 2.24) is 4.90 Å². The second-order valence-corrected chi connectivity index (χ2v) is 5.70. The zero-order chi connectivity index (χ0) is 15.2. The van der Waals surface area contributed by atoms with Gasteiger partial charge in [0.05, 0.1) is 7.11 Å². The van der Waals surface area contributed by atoms with Crippen LogP contribution in [-0.4, -0.2) is 42.3 Å². The van der Waals surface area contributed by atoms with Crippen molar-refractivity contribution in [1.29, 1.82) is 0 Å². The Morgan fingerprint density at radius 2 is 1.95 bits per heavy atom. The van der Waals surface area contributed by atoms with Gasteiger partial charge < -0.3 is 9.84 Å². The molecule has 4 heteroatoms. The van der Waals surface area contributed by atoms with Crippen molar-refractivity contribution in [3.05, 3.63) is 35.4 Å². The van der Waals surface area contributed by atoms with E-state index < -0.39 is 12.1 Å². The molecule has 0 bridgehead atoms. The van der Waals surface area contributed by atoms with Gasteiger partial charge in [0, 0.05) is 6.54 Å². The van der Waals surface area contributed by atoms with E-state index in [9.17, 15) is 9.90 Å². The molecule has 0 aromatic heterocycles. The van der Waals surface area contributed by atoms with Crippen LogP contribution < -0.4 is 0 Å². The van der Waals surface area contributed by atoms with Crippen LogP contribution in [0, 0.1) is 5.92 Å². The summed E-state index contributed by atoms with van der Waals surface area (Å²) in [5.74, 6) is -0.486. The number of piperidine rings is 1. The molecule has 1 N–H and O–H groups in total. The average Bonchev–Trinajstić information content (AvgIpc) is 2.54. The topological polar surface area (TPSA) is 49.8 Å². The van der Waals surface area contributed by atoms with Crippen LogP contribution in [0.1, 0.15) is 30.9 Å². The first-order chi connectivity index (χ1) is 10.2. The van der Waals surface area contributed by atoms with E-state index in [1.807, 2.05) is 0 Å².